The number of benzene rings is 2. The minimum Gasteiger partial charge on any atom is -0.503 e. The fourth-order valence-electron chi connectivity index (χ4n) is 2.18. The van der Waals surface area contributed by atoms with E-state index in [1.807, 2.05) is 18.2 Å². The SMILES string of the molecule is CC(=O)c1nn(-c2ccccc2Oc2ccccc2)cc(O)c1=O. The average Bonchev–Trinajstić information content (AvgIpc) is 2.58. The third kappa shape index (κ3) is 3.03. The first-order valence-corrected chi connectivity index (χ1v) is 7.22. The lowest BCUT2D eigenvalue weighted by atomic mass is 10.2. The maximum absolute atomic E-state index is 11.8. The predicted molar refractivity (Wildman–Crippen MR) is 88.0 cm³/mol. The van der Waals surface area contributed by atoms with E-state index in [4.69, 9.17) is 4.74 Å². The van der Waals surface area contributed by atoms with Gasteiger partial charge in [-0.15, -0.1) is 0 Å². The summed E-state index contributed by atoms with van der Waals surface area (Å²) in [7, 11) is 0. The smallest absolute Gasteiger partial charge is 0.252 e. The van der Waals surface area contributed by atoms with Crippen molar-refractivity contribution in [3.05, 3.63) is 76.7 Å². The summed E-state index contributed by atoms with van der Waals surface area (Å²) in [5.41, 5.74) is -0.635. The maximum Gasteiger partial charge on any atom is 0.252 e. The van der Waals surface area contributed by atoms with E-state index in [0.717, 1.165) is 6.20 Å². The van der Waals surface area contributed by atoms with Crippen LogP contribution >= 0.6 is 0 Å². The maximum atomic E-state index is 11.8. The molecule has 0 fully saturated rings. The van der Waals surface area contributed by atoms with Gasteiger partial charge < -0.3 is 9.84 Å². The van der Waals surface area contributed by atoms with E-state index in [0.29, 0.717) is 17.2 Å². The number of ether oxygens (including phenoxy) is 1. The molecule has 6 nitrogen and oxygen atoms in total. The molecule has 0 bridgehead atoms. The molecule has 0 aliphatic heterocycles. The Hall–Kier alpha value is -3.41. The second-order valence-corrected chi connectivity index (χ2v) is 5.08. The van der Waals surface area contributed by atoms with E-state index in [1.165, 1.54) is 11.6 Å². The van der Waals surface area contributed by atoms with Crippen molar-refractivity contribution in [1.82, 2.24) is 9.78 Å². The molecular weight excluding hydrogens is 308 g/mol. The van der Waals surface area contributed by atoms with Gasteiger partial charge in [-0.05, 0) is 24.3 Å². The summed E-state index contributed by atoms with van der Waals surface area (Å²) in [5, 5.41) is 13.8. The van der Waals surface area contributed by atoms with Crippen molar-refractivity contribution in [2.45, 2.75) is 6.92 Å². The van der Waals surface area contributed by atoms with Gasteiger partial charge in [-0.25, -0.2) is 4.68 Å². The zero-order valence-electron chi connectivity index (χ0n) is 12.8. The fourth-order valence-corrected chi connectivity index (χ4v) is 2.18. The van der Waals surface area contributed by atoms with Gasteiger partial charge in [0.2, 0.25) is 0 Å². The number of hydrogen-bond donors (Lipinski definition) is 1. The molecular formula is C18H14N2O4. The summed E-state index contributed by atoms with van der Waals surface area (Å²) >= 11 is 0. The molecule has 1 heterocycles. The van der Waals surface area contributed by atoms with Crippen LogP contribution in [0, 0.1) is 0 Å². The van der Waals surface area contributed by atoms with Crippen LogP contribution in [0.25, 0.3) is 5.69 Å². The third-order valence-electron chi connectivity index (χ3n) is 3.32. The zero-order valence-corrected chi connectivity index (χ0v) is 12.8. The Morgan fingerprint density at radius 1 is 1.08 bits per heavy atom. The van der Waals surface area contributed by atoms with Gasteiger partial charge in [-0.1, -0.05) is 30.3 Å². The van der Waals surface area contributed by atoms with E-state index in [9.17, 15) is 14.7 Å². The van der Waals surface area contributed by atoms with Crippen LogP contribution in [0.5, 0.6) is 17.2 Å². The van der Waals surface area contributed by atoms with E-state index < -0.39 is 17.0 Å². The monoisotopic (exact) mass is 322 g/mol. The molecule has 0 spiro atoms. The lowest BCUT2D eigenvalue weighted by molar-refractivity contribution is 0.100. The van der Waals surface area contributed by atoms with Gasteiger partial charge in [0, 0.05) is 6.92 Å². The molecule has 2 aromatic carbocycles. The highest BCUT2D eigenvalue weighted by Gasteiger charge is 2.15. The predicted octanol–water partition coefficient (Wildman–Crippen LogP) is 2.93. The minimum atomic E-state index is -0.791. The van der Waals surface area contributed by atoms with Crippen LogP contribution in [0.4, 0.5) is 0 Å². The fraction of sp³-hybridized carbons (Fsp3) is 0.0556. The third-order valence-corrected chi connectivity index (χ3v) is 3.32. The van der Waals surface area contributed by atoms with Gasteiger partial charge in [0.25, 0.3) is 5.43 Å². The van der Waals surface area contributed by atoms with E-state index in [-0.39, 0.29) is 5.69 Å². The van der Waals surface area contributed by atoms with Crippen LogP contribution < -0.4 is 10.2 Å². The van der Waals surface area contributed by atoms with E-state index >= 15 is 0 Å². The molecule has 0 unspecified atom stereocenters. The molecule has 6 heteroatoms. The van der Waals surface area contributed by atoms with Gasteiger partial charge in [-0.3, -0.25) is 9.59 Å². The molecule has 3 aromatic rings. The number of rotatable bonds is 4. The molecule has 0 aliphatic carbocycles. The summed E-state index contributed by atoms with van der Waals surface area (Å²) in [5.74, 6) is 0.0200. The number of nitrogens with zero attached hydrogens (tertiary/aromatic N) is 2. The van der Waals surface area contributed by atoms with Gasteiger partial charge in [0.05, 0.1) is 6.20 Å². The van der Waals surface area contributed by atoms with Crippen LogP contribution in [0.3, 0.4) is 0 Å². The Kier molecular flexibility index (Phi) is 4.11. The van der Waals surface area contributed by atoms with Crippen molar-refractivity contribution < 1.29 is 14.6 Å². The second kappa shape index (κ2) is 6.37. The Labute approximate surface area is 137 Å². The topological polar surface area (TPSA) is 81.4 Å². The van der Waals surface area contributed by atoms with Gasteiger partial charge >= 0.3 is 0 Å². The summed E-state index contributed by atoms with van der Waals surface area (Å²) < 4.78 is 7.08. The van der Waals surface area contributed by atoms with Crippen LogP contribution in [0.1, 0.15) is 17.4 Å². The highest BCUT2D eigenvalue weighted by atomic mass is 16.5. The Balaban J connectivity index is 2.11. The Morgan fingerprint density at radius 2 is 1.75 bits per heavy atom. The molecule has 0 saturated heterocycles. The first-order valence-electron chi connectivity index (χ1n) is 7.22. The number of para-hydroxylation sites is 3. The molecule has 0 atom stereocenters. The first-order chi connectivity index (χ1) is 11.6. The van der Waals surface area contributed by atoms with Crippen molar-refractivity contribution in [2.75, 3.05) is 0 Å². The largest absolute Gasteiger partial charge is 0.503 e. The average molecular weight is 322 g/mol. The van der Waals surface area contributed by atoms with Gasteiger partial charge in [0.1, 0.15) is 11.4 Å². The highest BCUT2D eigenvalue weighted by molar-refractivity contribution is 5.92. The Bertz CT molecular complexity index is 949. The summed E-state index contributed by atoms with van der Waals surface area (Å²) in [4.78, 5) is 23.4. The normalized spacial score (nSPS) is 10.4. The lowest BCUT2D eigenvalue weighted by Crippen LogP contribution is -2.20. The number of aromatic nitrogens is 2. The second-order valence-electron chi connectivity index (χ2n) is 5.08. The van der Waals surface area contributed by atoms with Crippen molar-refractivity contribution >= 4 is 5.78 Å². The minimum absolute atomic E-state index is 0.329. The van der Waals surface area contributed by atoms with Crippen molar-refractivity contribution in [3.63, 3.8) is 0 Å². The zero-order chi connectivity index (χ0) is 17.1. The van der Waals surface area contributed by atoms with Crippen LogP contribution in [0.2, 0.25) is 0 Å². The molecule has 24 heavy (non-hydrogen) atoms. The number of carbonyl (C=O) groups excluding carboxylic acids is 1. The molecule has 0 amide bonds. The number of carbonyl (C=O) groups is 1. The summed E-state index contributed by atoms with van der Waals surface area (Å²) in [6, 6.07) is 16.1. The molecule has 3 rings (SSSR count). The van der Waals surface area contributed by atoms with Gasteiger partial charge in [-0.2, -0.15) is 5.10 Å². The molecule has 1 aromatic heterocycles. The lowest BCUT2D eigenvalue weighted by Gasteiger charge is -2.13. The van der Waals surface area contributed by atoms with Crippen molar-refractivity contribution in [2.24, 2.45) is 0 Å². The molecule has 1 N–H and O–H groups in total. The van der Waals surface area contributed by atoms with Gasteiger partial charge in [0.15, 0.2) is 23.0 Å². The van der Waals surface area contributed by atoms with Crippen LogP contribution in [-0.4, -0.2) is 20.7 Å². The molecule has 120 valence electrons. The molecule has 0 radical (unpaired) electrons. The highest BCUT2D eigenvalue weighted by Crippen LogP contribution is 2.27. The Morgan fingerprint density at radius 3 is 2.46 bits per heavy atom. The van der Waals surface area contributed by atoms with Crippen molar-refractivity contribution in [3.8, 4) is 22.9 Å². The molecule has 0 aliphatic rings. The van der Waals surface area contributed by atoms with E-state index in [1.54, 1.807) is 36.4 Å². The standard InChI is InChI=1S/C18H14N2O4/c1-12(21)17-18(23)15(22)11-20(19-17)14-9-5-6-10-16(14)24-13-7-3-2-4-8-13/h2-11,22H,1H3. The summed E-state index contributed by atoms with van der Waals surface area (Å²) in [6.07, 6.45) is 1.15. The number of ketones is 1. The number of Topliss-reactive ketones (excluding diaryl/α,β-unsaturated/α-hetero) is 1. The number of aromatic hydroxyl groups is 1. The van der Waals surface area contributed by atoms with Crippen LogP contribution in [-0.2, 0) is 0 Å². The number of hydrogen-bond acceptors (Lipinski definition) is 5. The van der Waals surface area contributed by atoms with E-state index in [2.05, 4.69) is 5.10 Å². The molecule has 0 saturated carbocycles. The summed E-state index contributed by atoms with van der Waals surface area (Å²) in [6.45, 7) is 1.22. The first kappa shape index (κ1) is 15.5. The quantitative estimate of drug-likeness (QED) is 0.747. The van der Waals surface area contributed by atoms with Crippen molar-refractivity contribution in [1.29, 1.82) is 0 Å². The van der Waals surface area contributed by atoms with Crippen LogP contribution in [0.15, 0.2) is 65.6 Å².